The summed E-state index contributed by atoms with van der Waals surface area (Å²) in [7, 11) is 0. The monoisotopic (exact) mass is 299 g/mol. The van der Waals surface area contributed by atoms with Gasteiger partial charge in [-0.25, -0.2) is 0 Å². The number of aryl methyl sites for hydroxylation is 1. The van der Waals surface area contributed by atoms with E-state index in [9.17, 15) is 5.11 Å². The molecule has 0 saturated heterocycles. The highest BCUT2D eigenvalue weighted by atomic mass is 35.5. The Balaban J connectivity index is 2.31. The van der Waals surface area contributed by atoms with Gasteiger partial charge in [0.1, 0.15) is 18.5 Å². The maximum Gasteiger partial charge on any atom is 0.119 e. The molecule has 114 valence electrons. The average molecular weight is 300 g/mol. The standard InChI is InChI=1S/C16H26ClNO2/c1-4-6-13(5-2)18-10-14(19)11-20-15-7-8-16(17)12(3)9-15/h7-9,13-14,18-19H,4-6,10-11H2,1-3H3. The van der Waals surface area contributed by atoms with Gasteiger partial charge in [-0.1, -0.05) is 31.9 Å². The highest BCUT2D eigenvalue weighted by molar-refractivity contribution is 6.31. The molecule has 0 saturated carbocycles. The Morgan fingerprint density at radius 2 is 2.10 bits per heavy atom. The third-order valence-electron chi connectivity index (χ3n) is 3.34. The number of aliphatic hydroxyl groups excluding tert-OH is 1. The first-order valence-corrected chi connectivity index (χ1v) is 7.75. The number of hydrogen-bond donors (Lipinski definition) is 2. The van der Waals surface area contributed by atoms with Crippen molar-refractivity contribution < 1.29 is 9.84 Å². The molecule has 0 aromatic heterocycles. The van der Waals surface area contributed by atoms with Crippen LogP contribution in [0.3, 0.4) is 0 Å². The zero-order chi connectivity index (χ0) is 15.0. The molecule has 0 fully saturated rings. The van der Waals surface area contributed by atoms with Crippen LogP contribution >= 0.6 is 11.6 Å². The molecule has 20 heavy (non-hydrogen) atoms. The Labute approximate surface area is 127 Å². The summed E-state index contributed by atoms with van der Waals surface area (Å²) in [5.74, 6) is 0.742. The topological polar surface area (TPSA) is 41.5 Å². The van der Waals surface area contributed by atoms with E-state index in [1.807, 2.05) is 25.1 Å². The lowest BCUT2D eigenvalue weighted by atomic mass is 10.1. The van der Waals surface area contributed by atoms with Crippen molar-refractivity contribution in [3.8, 4) is 5.75 Å². The van der Waals surface area contributed by atoms with Gasteiger partial charge in [-0.2, -0.15) is 0 Å². The number of benzene rings is 1. The summed E-state index contributed by atoms with van der Waals surface area (Å²) in [6.07, 6.45) is 2.87. The molecule has 0 bridgehead atoms. The number of nitrogens with one attached hydrogen (secondary N) is 1. The Hall–Kier alpha value is -0.770. The van der Waals surface area contributed by atoms with Crippen LogP contribution in [0.15, 0.2) is 18.2 Å². The van der Waals surface area contributed by atoms with Crippen LogP contribution in [-0.4, -0.2) is 30.4 Å². The van der Waals surface area contributed by atoms with Crippen molar-refractivity contribution in [2.45, 2.75) is 52.2 Å². The van der Waals surface area contributed by atoms with Gasteiger partial charge in [0.25, 0.3) is 0 Å². The van der Waals surface area contributed by atoms with Crippen molar-refractivity contribution in [3.63, 3.8) is 0 Å². The van der Waals surface area contributed by atoms with Gasteiger partial charge in [0.2, 0.25) is 0 Å². The van der Waals surface area contributed by atoms with Gasteiger partial charge in [-0.05, 0) is 43.5 Å². The van der Waals surface area contributed by atoms with Crippen LogP contribution in [-0.2, 0) is 0 Å². The fourth-order valence-corrected chi connectivity index (χ4v) is 2.18. The second-order valence-corrected chi connectivity index (χ2v) is 5.59. The smallest absolute Gasteiger partial charge is 0.119 e. The van der Waals surface area contributed by atoms with E-state index >= 15 is 0 Å². The van der Waals surface area contributed by atoms with Gasteiger partial charge in [-0.3, -0.25) is 0 Å². The zero-order valence-electron chi connectivity index (χ0n) is 12.7. The Morgan fingerprint density at radius 3 is 2.70 bits per heavy atom. The predicted octanol–water partition coefficient (Wildman–Crippen LogP) is 3.56. The zero-order valence-corrected chi connectivity index (χ0v) is 13.4. The lowest BCUT2D eigenvalue weighted by molar-refractivity contribution is 0.103. The van der Waals surface area contributed by atoms with Crippen molar-refractivity contribution in [2.24, 2.45) is 0 Å². The van der Waals surface area contributed by atoms with Crippen molar-refractivity contribution in [1.82, 2.24) is 5.32 Å². The number of rotatable bonds is 9. The molecule has 2 unspecified atom stereocenters. The lowest BCUT2D eigenvalue weighted by Gasteiger charge is -2.19. The summed E-state index contributed by atoms with van der Waals surface area (Å²) in [4.78, 5) is 0. The SMILES string of the molecule is CCCC(CC)NCC(O)COc1ccc(Cl)c(C)c1. The van der Waals surface area contributed by atoms with Gasteiger partial charge < -0.3 is 15.2 Å². The summed E-state index contributed by atoms with van der Waals surface area (Å²) >= 11 is 5.96. The summed E-state index contributed by atoms with van der Waals surface area (Å²) in [5.41, 5.74) is 0.978. The first-order valence-electron chi connectivity index (χ1n) is 7.37. The van der Waals surface area contributed by atoms with Crippen LogP contribution in [0.4, 0.5) is 0 Å². The normalized spacial score (nSPS) is 14.1. The molecular formula is C16H26ClNO2. The Morgan fingerprint density at radius 1 is 1.35 bits per heavy atom. The van der Waals surface area contributed by atoms with Crippen LogP contribution in [0, 0.1) is 6.92 Å². The second kappa shape index (κ2) is 9.22. The summed E-state index contributed by atoms with van der Waals surface area (Å²) in [6.45, 7) is 7.12. The van der Waals surface area contributed by atoms with Crippen LogP contribution in [0.5, 0.6) is 5.75 Å². The van der Waals surface area contributed by atoms with Crippen LogP contribution in [0.1, 0.15) is 38.7 Å². The van der Waals surface area contributed by atoms with Crippen molar-refractivity contribution in [3.05, 3.63) is 28.8 Å². The molecule has 1 aromatic carbocycles. The summed E-state index contributed by atoms with van der Waals surface area (Å²) in [5, 5.41) is 14.0. The molecule has 0 aliphatic carbocycles. The minimum Gasteiger partial charge on any atom is -0.491 e. The molecule has 0 aliphatic heterocycles. The third-order valence-corrected chi connectivity index (χ3v) is 3.77. The number of halogens is 1. The summed E-state index contributed by atoms with van der Waals surface area (Å²) < 4.78 is 5.58. The fourth-order valence-electron chi connectivity index (χ4n) is 2.06. The molecule has 3 nitrogen and oxygen atoms in total. The minimum atomic E-state index is -0.503. The molecular weight excluding hydrogens is 274 g/mol. The molecule has 0 heterocycles. The molecule has 0 radical (unpaired) electrons. The summed E-state index contributed by atoms with van der Waals surface area (Å²) in [6, 6.07) is 5.99. The first-order chi connectivity index (χ1) is 9.56. The molecule has 2 N–H and O–H groups in total. The van der Waals surface area contributed by atoms with Crippen LogP contribution in [0.25, 0.3) is 0 Å². The maximum atomic E-state index is 9.93. The molecule has 2 atom stereocenters. The number of aliphatic hydroxyl groups is 1. The Bertz CT molecular complexity index is 398. The van der Waals surface area contributed by atoms with Crippen LogP contribution in [0.2, 0.25) is 5.02 Å². The van der Waals surface area contributed by atoms with Gasteiger partial charge in [0.05, 0.1) is 0 Å². The minimum absolute atomic E-state index is 0.288. The highest BCUT2D eigenvalue weighted by Crippen LogP contribution is 2.21. The van der Waals surface area contributed by atoms with Crippen molar-refractivity contribution in [1.29, 1.82) is 0 Å². The molecule has 0 amide bonds. The molecule has 1 rings (SSSR count). The van der Waals surface area contributed by atoms with E-state index in [1.54, 1.807) is 0 Å². The molecule has 1 aromatic rings. The maximum absolute atomic E-state index is 9.93. The first kappa shape index (κ1) is 17.3. The van der Waals surface area contributed by atoms with E-state index in [0.717, 1.165) is 35.6 Å². The van der Waals surface area contributed by atoms with E-state index in [4.69, 9.17) is 16.3 Å². The van der Waals surface area contributed by atoms with Gasteiger partial charge in [0, 0.05) is 17.6 Å². The van der Waals surface area contributed by atoms with E-state index < -0.39 is 6.10 Å². The lowest BCUT2D eigenvalue weighted by Crippen LogP contribution is -2.37. The highest BCUT2D eigenvalue weighted by Gasteiger charge is 2.09. The van der Waals surface area contributed by atoms with Gasteiger partial charge >= 0.3 is 0 Å². The number of ether oxygens (including phenoxy) is 1. The molecule has 4 heteroatoms. The molecule has 0 spiro atoms. The van der Waals surface area contributed by atoms with E-state index in [-0.39, 0.29) is 6.61 Å². The Kier molecular flexibility index (Phi) is 7.97. The number of hydrogen-bond acceptors (Lipinski definition) is 3. The van der Waals surface area contributed by atoms with Crippen LogP contribution < -0.4 is 10.1 Å². The molecule has 0 aliphatic rings. The van der Waals surface area contributed by atoms with E-state index in [0.29, 0.717) is 12.6 Å². The quantitative estimate of drug-likeness (QED) is 0.732. The average Bonchev–Trinajstić information content (AvgIpc) is 2.44. The predicted molar refractivity (Wildman–Crippen MR) is 84.7 cm³/mol. The largest absolute Gasteiger partial charge is 0.491 e. The van der Waals surface area contributed by atoms with Gasteiger partial charge in [0.15, 0.2) is 0 Å². The fraction of sp³-hybridized carbons (Fsp3) is 0.625. The van der Waals surface area contributed by atoms with Gasteiger partial charge in [-0.15, -0.1) is 0 Å². The second-order valence-electron chi connectivity index (χ2n) is 5.18. The van der Waals surface area contributed by atoms with Crippen molar-refractivity contribution >= 4 is 11.6 Å². The van der Waals surface area contributed by atoms with Crippen molar-refractivity contribution in [2.75, 3.05) is 13.2 Å². The van der Waals surface area contributed by atoms with E-state index in [1.165, 1.54) is 0 Å². The van der Waals surface area contributed by atoms with E-state index in [2.05, 4.69) is 19.2 Å². The third kappa shape index (κ3) is 6.12.